The van der Waals surface area contributed by atoms with Crippen molar-refractivity contribution in [1.29, 1.82) is 0 Å². The Balaban J connectivity index is 2.46. The zero-order valence-corrected chi connectivity index (χ0v) is 13.4. The Morgan fingerprint density at radius 1 is 1.05 bits per heavy atom. The lowest BCUT2D eigenvalue weighted by atomic mass is 10.1. The van der Waals surface area contributed by atoms with E-state index in [9.17, 15) is 8.42 Å². The summed E-state index contributed by atoms with van der Waals surface area (Å²) in [4.78, 5) is 4.34. The number of aryl methyl sites for hydroxylation is 4. The molecule has 21 heavy (non-hydrogen) atoms. The number of hydrogen-bond donors (Lipinski definition) is 2. The number of nitrogen functional groups attached to an aromatic ring is 1. The monoisotopic (exact) mass is 305 g/mol. The average Bonchev–Trinajstić information content (AvgIpc) is 2.37. The maximum Gasteiger partial charge on any atom is 0.264 e. The van der Waals surface area contributed by atoms with Gasteiger partial charge in [0.15, 0.2) is 0 Å². The normalized spacial score (nSPS) is 11.4. The number of rotatable bonds is 3. The van der Waals surface area contributed by atoms with Gasteiger partial charge < -0.3 is 5.73 Å². The largest absolute Gasteiger partial charge is 0.398 e. The summed E-state index contributed by atoms with van der Waals surface area (Å²) in [6.07, 6.45) is 0. The molecule has 0 aliphatic carbocycles. The molecule has 3 N–H and O–H groups in total. The van der Waals surface area contributed by atoms with E-state index < -0.39 is 10.0 Å². The SMILES string of the molecule is Cc1ccc(NS(=O)(=O)c2cc(C)c(C)cc2N)c(C)n1. The number of nitrogens with two attached hydrogens (primary N) is 1. The van der Waals surface area contributed by atoms with Crippen LogP contribution in [0.1, 0.15) is 22.5 Å². The minimum atomic E-state index is -3.73. The zero-order chi connectivity index (χ0) is 15.8. The molecule has 0 aliphatic heterocycles. The third-order valence-corrected chi connectivity index (χ3v) is 4.81. The first-order valence-electron chi connectivity index (χ1n) is 6.54. The van der Waals surface area contributed by atoms with Crippen LogP contribution in [0.2, 0.25) is 0 Å². The van der Waals surface area contributed by atoms with Crippen molar-refractivity contribution in [2.24, 2.45) is 0 Å². The topological polar surface area (TPSA) is 85.1 Å². The van der Waals surface area contributed by atoms with Gasteiger partial charge in [0, 0.05) is 5.69 Å². The second-order valence-corrected chi connectivity index (χ2v) is 6.82. The van der Waals surface area contributed by atoms with Crippen molar-refractivity contribution in [2.75, 3.05) is 10.5 Å². The van der Waals surface area contributed by atoms with Crippen LogP contribution < -0.4 is 10.5 Å². The highest BCUT2D eigenvalue weighted by Gasteiger charge is 2.19. The predicted octanol–water partition coefficient (Wildman–Crippen LogP) is 2.70. The lowest BCUT2D eigenvalue weighted by Crippen LogP contribution is -2.16. The van der Waals surface area contributed by atoms with Crippen molar-refractivity contribution in [1.82, 2.24) is 4.98 Å². The third-order valence-electron chi connectivity index (χ3n) is 3.39. The maximum atomic E-state index is 12.5. The Morgan fingerprint density at radius 3 is 2.29 bits per heavy atom. The van der Waals surface area contributed by atoms with Crippen LogP contribution in [-0.2, 0) is 10.0 Å². The first-order valence-corrected chi connectivity index (χ1v) is 8.03. The number of aromatic nitrogens is 1. The van der Waals surface area contributed by atoms with E-state index >= 15 is 0 Å². The molecule has 0 fully saturated rings. The molecule has 0 spiro atoms. The fraction of sp³-hybridized carbons (Fsp3) is 0.267. The maximum absolute atomic E-state index is 12.5. The molecule has 0 saturated carbocycles. The molecule has 0 atom stereocenters. The molecule has 1 aromatic heterocycles. The lowest BCUT2D eigenvalue weighted by Gasteiger charge is -2.13. The van der Waals surface area contributed by atoms with E-state index in [0.29, 0.717) is 11.4 Å². The molecule has 0 bridgehead atoms. The summed E-state index contributed by atoms with van der Waals surface area (Å²) >= 11 is 0. The van der Waals surface area contributed by atoms with Gasteiger partial charge in [0.05, 0.1) is 17.1 Å². The van der Waals surface area contributed by atoms with Gasteiger partial charge in [0.1, 0.15) is 4.90 Å². The highest BCUT2D eigenvalue weighted by molar-refractivity contribution is 7.92. The zero-order valence-electron chi connectivity index (χ0n) is 12.6. The Bertz CT molecular complexity index is 799. The van der Waals surface area contributed by atoms with Crippen LogP contribution in [-0.4, -0.2) is 13.4 Å². The van der Waals surface area contributed by atoms with Gasteiger partial charge in [0.2, 0.25) is 0 Å². The number of sulfonamides is 1. The van der Waals surface area contributed by atoms with Gasteiger partial charge in [-0.3, -0.25) is 9.71 Å². The molecule has 0 saturated heterocycles. The third kappa shape index (κ3) is 3.16. The molecule has 2 aromatic rings. The van der Waals surface area contributed by atoms with Crippen LogP contribution in [0.4, 0.5) is 11.4 Å². The van der Waals surface area contributed by atoms with Crippen molar-refractivity contribution in [2.45, 2.75) is 32.6 Å². The Morgan fingerprint density at radius 2 is 1.67 bits per heavy atom. The molecular weight excluding hydrogens is 286 g/mol. The summed E-state index contributed by atoms with van der Waals surface area (Å²) in [5, 5.41) is 0. The summed E-state index contributed by atoms with van der Waals surface area (Å²) in [7, 11) is -3.73. The molecule has 0 amide bonds. The van der Waals surface area contributed by atoms with Gasteiger partial charge in [-0.05, 0) is 63.1 Å². The number of anilines is 2. The summed E-state index contributed by atoms with van der Waals surface area (Å²) in [5.74, 6) is 0. The van der Waals surface area contributed by atoms with E-state index in [1.165, 1.54) is 0 Å². The molecule has 0 unspecified atom stereocenters. The van der Waals surface area contributed by atoms with E-state index in [2.05, 4.69) is 9.71 Å². The minimum absolute atomic E-state index is 0.0885. The Kier molecular flexibility index (Phi) is 3.91. The first kappa shape index (κ1) is 15.3. The highest BCUT2D eigenvalue weighted by Crippen LogP contribution is 2.25. The van der Waals surface area contributed by atoms with Gasteiger partial charge in [-0.15, -0.1) is 0 Å². The number of nitrogens with zero attached hydrogens (tertiary/aromatic N) is 1. The smallest absolute Gasteiger partial charge is 0.264 e. The van der Waals surface area contributed by atoms with E-state index in [0.717, 1.165) is 16.8 Å². The molecule has 2 rings (SSSR count). The second-order valence-electron chi connectivity index (χ2n) is 5.17. The Labute approximate surface area is 125 Å². The van der Waals surface area contributed by atoms with Crippen LogP contribution in [0.25, 0.3) is 0 Å². The average molecular weight is 305 g/mol. The van der Waals surface area contributed by atoms with Gasteiger partial charge >= 0.3 is 0 Å². The van der Waals surface area contributed by atoms with Crippen molar-refractivity contribution in [3.05, 3.63) is 46.8 Å². The molecule has 1 heterocycles. The van der Waals surface area contributed by atoms with Crippen LogP contribution in [0.15, 0.2) is 29.2 Å². The standard InChI is InChI=1S/C15H19N3O2S/c1-9-7-13(16)15(8-10(9)2)21(19,20)18-14-6-5-11(3)17-12(14)4/h5-8,18H,16H2,1-4H3. The first-order chi connectivity index (χ1) is 9.70. The van der Waals surface area contributed by atoms with Crippen molar-refractivity contribution in [3.8, 4) is 0 Å². The second kappa shape index (κ2) is 5.37. The van der Waals surface area contributed by atoms with Crippen molar-refractivity contribution < 1.29 is 8.42 Å². The highest BCUT2D eigenvalue weighted by atomic mass is 32.2. The van der Waals surface area contributed by atoms with Crippen molar-refractivity contribution in [3.63, 3.8) is 0 Å². The van der Waals surface area contributed by atoms with Crippen LogP contribution in [0, 0.1) is 27.7 Å². The molecular formula is C15H19N3O2S. The van der Waals surface area contributed by atoms with Gasteiger partial charge in [-0.1, -0.05) is 0 Å². The van der Waals surface area contributed by atoms with Crippen molar-refractivity contribution >= 4 is 21.4 Å². The van der Waals surface area contributed by atoms with Gasteiger partial charge in [-0.25, -0.2) is 8.42 Å². The van der Waals surface area contributed by atoms with Gasteiger partial charge in [0.25, 0.3) is 10.0 Å². The van der Waals surface area contributed by atoms with Gasteiger partial charge in [-0.2, -0.15) is 0 Å². The number of hydrogen-bond acceptors (Lipinski definition) is 4. The summed E-state index contributed by atoms with van der Waals surface area (Å²) in [5.41, 5.74) is 9.85. The molecule has 112 valence electrons. The van der Waals surface area contributed by atoms with E-state index in [1.54, 1.807) is 31.2 Å². The summed E-state index contributed by atoms with van der Waals surface area (Å²) in [6.45, 7) is 7.36. The van der Waals surface area contributed by atoms with E-state index in [4.69, 9.17) is 5.73 Å². The molecule has 0 aliphatic rings. The molecule has 6 heteroatoms. The number of benzene rings is 1. The quantitative estimate of drug-likeness (QED) is 0.854. The summed E-state index contributed by atoms with van der Waals surface area (Å²) < 4.78 is 27.6. The fourth-order valence-electron chi connectivity index (χ4n) is 2.04. The van der Waals surface area contributed by atoms with Crippen LogP contribution in [0.3, 0.4) is 0 Å². The summed E-state index contributed by atoms with van der Waals surface area (Å²) in [6, 6.07) is 6.72. The number of pyridine rings is 1. The number of nitrogens with one attached hydrogen (secondary N) is 1. The molecule has 0 radical (unpaired) electrons. The minimum Gasteiger partial charge on any atom is -0.398 e. The molecule has 1 aromatic carbocycles. The van der Waals surface area contributed by atoms with Crippen LogP contribution in [0.5, 0.6) is 0 Å². The fourth-order valence-corrected chi connectivity index (χ4v) is 3.36. The van der Waals surface area contributed by atoms with E-state index in [-0.39, 0.29) is 10.6 Å². The molecule has 5 nitrogen and oxygen atoms in total. The lowest BCUT2D eigenvalue weighted by molar-refractivity contribution is 0.601. The van der Waals surface area contributed by atoms with E-state index in [1.807, 2.05) is 20.8 Å². The predicted molar refractivity (Wildman–Crippen MR) is 84.8 cm³/mol. The van der Waals surface area contributed by atoms with Crippen LogP contribution >= 0.6 is 0 Å². The Hall–Kier alpha value is -2.08.